The summed E-state index contributed by atoms with van der Waals surface area (Å²) in [5, 5.41) is 0.605. The second-order valence-corrected chi connectivity index (χ2v) is 9.62. The van der Waals surface area contributed by atoms with Crippen molar-refractivity contribution in [2.75, 3.05) is 18.9 Å². The average Bonchev–Trinajstić information content (AvgIpc) is 3.14. The molecule has 1 saturated heterocycles. The molecule has 0 bridgehead atoms. The molecule has 1 aliphatic heterocycles. The first-order valence-corrected chi connectivity index (χ1v) is 11.3. The van der Waals surface area contributed by atoms with Crippen molar-refractivity contribution in [3.05, 3.63) is 0 Å². The van der Waals surface area contributed by atoms with E-state index in [1.807, 2.05) is 18.7 Å². The molecular weight excluding hydrogens is 337 g/mol. The van der Waals surface area contributed by atoms with Crippen LogP contribution in [-0.2, 0) is 9.53 Å². The molecule has 0 aromatic rings. The van der Waals surface area contributed by atoms with Crippen molar-refractivity contribution in [2.24, 2.45) is 5.92 Å². The highest BCUT2D eigenvalue weighted by atomic mass is 32.2. The molecule has 0 aromatic heterocycles. The van der Waals surface area contributed by atoms with E-state index in [4.69, 9.17) is 4.74 Å². The van der Waals surface area contributed by atoms with Crippen LogP contribution in [0, 0.1) is 5.92 Å². The third-order valence-corrected chi connectivity index (χ3v) is 7.60. The molecule has 3 rings (SSSR count). The molecule has 3 aliphatic rings. The van der Waals surface area contributed by atoms with Crippen molar-refractivity contribution in [1.29, 1.82) is 0 Å². The Hall–Kier alpha value is -0.290. The molecule has 1 amide bonds. The van der Waals surface area contributed by atoms with Gasteiger partial charge in [-0.1, -0.05) is 26.2 Å². The molecule has 2 saturated carbocycles. The Balaban J connectivity index is 1.52. The number of nitrogens with zero attached hydrogens (tertiary/aromatic N) is 1. The molecule has 4 atom stereocenters. The Morgan fingerprint density at radius 2 is 1.92 bits per heavy atom. The van der Waals surface area contributed by atoms with E-state index in [0.717, 1.165) is 32.2 Å². The first-order valence-electron chi connectivity index (χ1n) is 10.3. The van der Waals surface area contributed by atoms with Crippen LogP contribution in [-0.4, -0.2) is 53.3 Å². The van der Waals surface area contributed by atoms with Crippen LogP contribution in [0.1, 0.15) is 71.1 Å². The number of thioether (sulfide) groups is 1. The molecule has 4 unspecified atom stereocenters. The lowest BCUT2D eigenvalue weighted by Crippen LogP contribution is -2.46. The molecule has 3 fully saturated rings. The van der Waals surface area contributed by atoms with Crippen molar-refractivity contribution >= 4 is 17.7 Å². The van der Waals surface area contributed by atoms with Crippen LogP contribution in [0.4, 0.5) is 4.39 Å². The van der Waals surface area contributed by atoms with Gasteiger partial charge in [-0.05, 0) is 56.6 Å². The molecule has 0 N–H and O–H groups in total. The minimum absolute atomic E-state index is 0.0539. The van der Waals surface area contributed by atoms with Gasteiger partial charge in [0.15, 0.2) is 0 Å². The van der Waals surface area contributed by atoms with Gasteiger partial charge in [0.05, 0.1) is 6.10 Å². The summed E-state index contributed by atoms with van der Waals surface area (Å²) in [6.07, 6.45) is 10.0. The largest absolute Gasteiger partial charge is 0.368 e. The number of carbonyl (C=O) groups is 1. The van der Waals surface area contributed by atoms with Crippen LogP contribution < -0.4 is 0 Å². The summed E-state index contributed by atoms with van der Waals surface area (Å²) in [5.41, 5.74) is 0. The van der Waals surface area contributed by atoms with E-state index in [1.54, 1.807) is 0 Å². The molecule has 5 heteroatoms. The van der Waals surface area contributed by atoms with E-state index in [-0.39, 0.29) is 24.5 Å². The molecule has 2 aliphatic carbocycles. The number of alkyl halides is 1. The van der Waals surface area contributed by atoms with Gasteiger partial charge in [-0.3, -0.25) is 4.79 Å². The maximum atomic E-state index is 13.6. The van der Waals surface area contributed by atoms with Gasteiger partial charge in [-0.15, -0.1) is 0 Å². The molecule has 0 aromatic carbocycles. The Kier molecular flexibility index (Phi) is 7.47. The standard InChI is InChI=1S/C20H34FNO2S/c1-15-12-17(9-10-19(15)21)24-14-20(23)22(13-18-8-5-11-25-18)16-6-3-2-4-7-16/h15-19H,2-14H2,1H3. The van der Waals surface area contributed by atoms with Crippen molar-refractivity contribution in [1.82, 2.24) is 4.90 Å². The number of halogens is 1. The van der Waals surface area contributed by atoms with Crippen molar-refractivity contribution in [3.63, 3.8) is 0 Å². The SMILES string of the molecule is CC1CC(OCC(=O)N(CC2CCCS2)C2CCCCC2)CCC1F. The molecule has 0 spiro atoms. The zero-order valence-corrected chi connectivity index (χ0v) is 16.4. The van der Waals surface area contributed by atoms with E-state index >= 15 is 0 Å². The van der Waals surface area contributed by atoms with Gasteiger partial charge < -0.3 is 9.64 Å². The molecular formula is C20H34FNO2S. The van der Waals surface area contributed by atoms with Gasteiger partial charge in [0.1, 0.15) is 12.8 Å². The number of ether oxygens (including phenoxy) is 1. The Morgan fingerprint density at radius 1 is 1.12 bits per heavy atom. The van der Waals surface area contributed by atoms with E-state index in [9.17, 15) is 9.18 Å². The molecule has 0 radical (unpaired) electrons. The van der Waals surface area contributed by atoms with Crippen LogP contribution in [0.15, 0.2) is 0 Å². The second-order valence-electron chi connectivity index (χ2n) is 8.21. The summed E-state index contributed by atoms with van der Waals surface area (Å²) >= 11 is 2.02. The van der Waals surface area contributed by atoms with E-state index in [0.29, 0.717) is 17.7 Å². The van der Waals surface area contributed by atoms with Gasteiger partial charge in [0.2, 0.25) is 5.91 Å². The van der Waals surface area contributed by atoms with Crippen LogP contribution >= 0.6 is 11.8 Å². The van der Waals surface area contributed by atoms with E-state index in [2.05, 4.69) is 4.90 Å². The lowest BCUT2D eigenvalue weighted by Gasteiger charge is -2.36. The molecule has 1 heterocycles. The van der Waals surface area contributed by atoms with Gasteiger partial charge >= 0.3 is 0 Å². The topological polar surface area (TPSA) is 29.5 Å². The molecule has 144 valence electrons. The Bertz CT molecular complexity index is 424. The highest BCUT2D eigenvalue weighted by Crippen LogP contribution is 2.31. The maximum absolute atomic E-state index is 13.6. The first kappa shape index (κ1) is 19.5. The van der Waals surface area contributed by atoms with E-state index in [1.165, 1.54) is 37.9 Å². The zero-order chi connectivity index (χ0) is 17.6. The summed E-state index contributed by atoms with van der Waals surface area (Å²) in [6.45, 7) is 3.03. The number of rotatable bonds is 6. The van der Waals surface area contributed by atoms with Gasteiger partial charge in [0, 0.05) is 17.8 Å². The fraction of sp³-hybridized carbons (Fsp3) is 0.950. The Labute approximate surface area is 156 Å². The number of hydrogen-bond acceptors (Lipinski definition) is 3. The second kappa shape index (κ2) is 9.59. The molecule has 3 nitrogen and oxygen atoms in total. The van der Waals surface area contributed by atoms with Gasteiger partial charge in [-0.2, -0.15) is 11.8 Å². The average molecular weight is 372 g/mol. The number of carbonyl (C=O) groups excluding carboxylic acids is 1. The normalized spacial score (nSPS) is 34.2. The fourth-order valence-electron chi connectivity index (χ4n) is 4.59. The predicted octanol–water partition coefficient (Wildman–Crippen LogP) is 4.59. The lowest BCUT2D eigenvalue weighted by molar-refractivity contribution is -0.142. The minimum atomic E-state index is -0.700. The van der Waals surface area contributed by atoms with Gasteiger partial charge in [0.25, 0.3) is 0 Å². The monoisotopic (exact) mass is 371 g/mol. The van der Waals surface area contributed by atoms with Gasteiger partial charge in [-0.25, -0.2) is 4.39 Å². The maximum Gasteiger partial charge on any atom is 0.248 e. The van der Waals surface area contributed by atoms with Crippen molar-refractivity contribution in [3.8, 4) is 0 Å². The third-order valence-electron chi connectivity index (χ3n) is 6.22. The zero-order valence-electron chi connectivity index (χ0n) is 15.6. The first-order chi connectivity index (χ1) is 12.1. The lowest BCUT2D eigenvalue weighted by atomic mass is 9.87. The number of amides is 1. The summed E-state index contributed by atoms with van der Waals surface area (Å²) in [5.74, 6) is 1.45. The highest BCUT2D eigenvalue weighted by Gasteiger charge is 2.31. The number of hydrogen-bond donors (Lipinski definition) is 0. The quantitative estimate of drug-likeness (QED) is 0.684. The van der Waals surface area contributed by atoms with Crippen molar-refractivity contribution < 1.29 is 13.9 Å². The summed E-state index contributed by atoms with van der Waals surface area (Å²) in [6, 6.07) is 0.409. The smallest absolute Gasteiger partial charge is 0.248 e. The van der Waals surface area contributed by atoms with Crippen LogP contribution in [0.25, 0.3) is 0 Å². The highest BCUT2D eigenvalue weighted by molar-refractivity contribution is 8.00. The predicted molar refractivity (Wildman–Crippen MR) is 102 cm³/mol. The third kappa shape index (κ3) is 5.59. The van der Waals surface area contributed by atoms with Crippen LogP contribution in [0.5, 0.6) is 0 Å². The minimum Gasteiger partial charge on any atom is -0.368 e. The summed E-state index contributed by atoms with van der Waals surface area (Å²) in [7, 11) is 0. The fourth-order valence-corrected chi connectivity index (χ4v) is 5.85. The molecule has 25 heavy (non-hydrogen) atoms. The van der Waals surface area contributed by atoms with Crippen molar-refractivity contribution in [2.45, 2.75) is 94.7 Å². The van der Waals surface area contributed by atoms with Crippen LogP contribution in [0.2, 0.25) is 0 Å². The van der Waals surface area contributed by atoms with E-state index < -0.39 is 6.17 Å². The van der Waals surface area contributed by atoms with Crippen LogP contribution in [0.3, 0.4) is 0 Å². The summed E-state index contributed by atoms with van der Waals surface area (Å²) < 4.78 is 19.5. The summed E-state index contributed by atoms with van der Waals surface area (Å²) in [4.78, 5) is 15.1. The Morgan fingerprint density at radius 3 is 2.60 bits per heavy atom.